The van der Waals surface area contributed by atoms with Crippen LogP contribution in [0.3, 0.4) is 0 Å². The third-order valence-corrected chi connectivity index (χ3v) is 9.71. The maximum Gasteiger partial charge on any atom is 0.159 e. The van der Waals surface area contributed by atoms with Crippen molar-refractivity contribution in [1.29, 1.82) is 0 Å². The van der Waals surface area contributed by atoms with E-state index in [4.69, 9.17) is 15.0 Å². The van der Waals surface area contributed by atoms with Gasteiger partial charge >= 0.3 is 0 Å². The van der Waals surface area contributed by atoms with Crippen molar-refractivity contribution in [2.24, 2.45) is 0 Å². The van der Waals surface area contributed by atoms with Gasteiger partial charge < -0.3 is 8.80 Å². The topological polar surface area (TPSA) is 99.0 Å². The molecule has 1 unspecified atom stereocenters. The molecule has 0 aliphatic carbocycles. The van der Waals surface area contributed by atoms with Crippen molar-refractivity contribution < 1.29 is 0 Å². The molecule has 0 saturated carbocycles. The highest BCUT2D eigenvalue weighted by Gasteiger charge is 2.11. The van der Waals surface area contributed by atoms with Gasteiger partial charge in [0, 0.05) is 64.9 Å². The summed E-state index contributed by atoms with van der Waals surface area (Å²) < 4.78 is 4.13. The Morgan fingerprint density at radius 1 is 0.660 bits per heavy atom. The Balaban J connectivity index is 0.000000173. The lowest BCUT2D eigenvalue weighted by molar-refractivity contribution is 0.873. The molecule has 0 N–H and O–H groups in total. The Morgan fingerprint density at radius 3 is 2.08 bits per heavy atom. The molecule has 266 valence electrons. The van der Waals surface area contributed by atoms with Crippen LogP contribution in [0.5, 0.6) is 0 Å². The lowest BCUT2D eigenvalue weighted by Crippen LogP contribution is -2.03. The van der Waals surface area contributed by atoms with Crippen molar-refractivity contribution in [3.05, 3.63) is 151 Å². The standard InChI is InChI=1S/C21H21N4P.C20H17N5.C2H6/c1-4-18-19(26-3)11-12-25-13-17(24-21(18)25)10-9-16-8-7-15-6-5-14(2)22-20(15)23-16;1-3-17-18(4-2)23-14(12-22-17)7-8-15-13-25-11-9-19-16(20(25)24-15)6-5-10-21-19;1-2/h4-8,11-13,26H,1,9-10H2,2-3H3;3-6,9-13H,1-2,7-8H2;1-2H3. The molecule has 0 spiro atoms. The Kier molecular flexibility index (Phi) is 11.9. The number of nitrogens with zero attached hydrogens (tertiary/aromatic N) is 9. The van der Waals surface area contributed by atoms with Gasteiger partial charge in [-0.1, -0.05) is 48.2 Å². The lowest BCUT2D eigenvalue weighted by Gasteiger charge is -2.04. The molecule has 0 amide bonds. The van der Waals surface area contributed by atoms with Gasteiger partial charge in [0.05, 0.1) is 34.0 Å². The fraction of sp³-hybridized carbons (Fsp3) is 0.186. The van der Waals surface area contributed by atoms with Crippen LogP contribution < -0.4 is 5.30 Å². The zero-order valence-electron chi connectivity index (χ0n) is 30.8. The van der Waals surface area contributed by atoms with E-state index in [1.165, 1.54) is 5.30 Å². The minimum absolute atomic E-state index is 0.735. The third kappa shape index (κ3) is 8.27. The Morgan fingerprint density at radius 2 is 1.34 bits per heavy atom. The Labute approximate surface area is 312 Å². The van der Waals surface area contributed by atoms with E-state index in [0.717, 1.165) is 113 Å². The average Bonchev–Trinajstić information content (AvgIpc) is 3.84. The summed E-state index contributed by atoms with van der Waals surface area (Å²) in [7, 11) is 0.735. The minimum atomic E-state index is 0.735. The van der Waals surface area contributed by atoms with Crippen LogP contribution in [0.2, 0.25) is 0 Å². The molecule has 0 radical (unpaired) electrons. The molecule has 9 nitrogen and oxygen atoms in total. The van der Waals surface area contributed by atoms with Crippen LogP contribution in [0.1, 0.15) is 59.3 Å². The molecule has 0 bridgehead atoms. The van der Waals surface area contributed by atoms with Gasteiger partial charge in [-0.15, -0.1) is 0 Å². The summed E-state index contributed by atoms with van der Waals surface area (Å²) in [6, 6.07) is 16.4. The van der Waals surface area contributed by atoms with Crippen LogP contribution in [0, 0.1) is 6.92 Å². The number of rotatable bonds is 10. The predicted molar refractivity (Wildman–Crippen MR) is 222 cm³/mol. The molecule has 10 heteroatoms. The van der Waals surface area contributed by atoms with E-state index in [-0.39, 0.29) is 0 Å². The summed E-state index contributed by atoms with van der Waals surface area (Å²) in [5.74, 6) is 0. The van der Waals surface area contributed by atoms with E-state index in [1.54, 1.807) is 24.5 Å². The zero-order chi connectivity index (χ0) is 37.3. The van der Waals surface area contributed by atoms with E-state index in [2.05, 4.69) is 93.6 Å². The second kappa shape index (κ2) is 17.1. The molecule has 0 saturated heterocycles. The van der Waals surface area contributed by atoms with Gasteiger partial charge in [-0.25, -0.2) is 24.9 Å². The first-order chi connectivity index (χ1) is 26.0. The van der Waals surface area contributed by atoms with Crippen LogP contribution in [-0.4, -0.2) is 50.4 Å². The molecule has 0 aliphatic heterocycles. The molecule has 8 rings (SSSR count). The normalized spacial score (nSPS) is 11.1. The highest BCUT2D eigenvalue weighted by atomic mass is 31.1. The van der Waals surface area contributed by atoms with Gasteiger partial charge in [0.25, 0.3) is 0 Å². The summed E-state index contributed by atoms with van der Waals surface area (Å²) >= 11 is 0. The minimum Gasteiger partial charge on any atom is -0.306 e. The van der Waals surface area contributed by atoms with Crippen LogP contribution in [-0.2, 0) is 25.7 Å². The number of imidazole rings is 2. The van der Waals surface area contributed by atoms with Gasteiger partial charge in [0.15, 0.2) is 5.65 Å². The molecule has 0 aromatic carbocycles. The maximum atomic E-state index is 4.84. The lowest BCUT2D eigenvalue weighted by atomic mass is 10.1. The monoisotopic (exact) mass is 717 g/mol. The van der Waals surface area contributed by atoms with E-state index < -0.39 is 0 Å². The molecule has 8 aromatic rings. The molecule has 1 atom stereocenters. The predicted octanol–water partition coefficient (Wildman–Crippen LogP) is 8.72. The first-order valence-electron chi connectivity index (χ1n) is 17.8. The largest absolute Gasteiger partial charge is 0.306 e. The van der Waals surface area contributed by atoms with E-state index in [1.807, 2.05) is 61.7 Å². The number of hydrogen-bond donors (Lipinski definition) is 0. The summed E-state index contributed by atoms with van der Waals surface area (Å²) in [6.07, 6.45) is 20.4. The van der Waals surface area contributed by atoms with Gasteiger partial charge in [0.2, 0.25) is 0 Å². The van der Waals surface area contributed by atoms with Crippen molar-refractivity contribution in [1.82, 2.24) is 43.7 Å². The maximum absolute atomic E-state index is 4.84. The summed E-state index contributed by atoms with van der Waals surface area (Å²) in [6.45, 7) is 19.7. The van der Waals surface area contributed by atoms with Gasteiger partial charge in [-0.3, -0.25) is 9.97 Å². The molecule has 0 aliphatic rings. The van der Waals surface area contributed by atoms with Crippen LogP contribution in [0.4, 0.5) is 0 Å². The first-order valence-corrected chi connectivity index (χ1v) is 19.3. The van der Waals surface area contributed by atoms with Crippen LogP contribution in [0.25, 0.3) is 51.5 Å². The van der Waals surface area contributed by atoms with Crippen molar-refractivity contribution >= 4 is 65.3 Å². The van der Waals surface area contributed by atoms with E-state index in [0.29, 0.717) is 0 Å². The number of pyridine rings is 5. The van der Waals surface area contributed by atoms with Crippen molar-refractivity contribution in [3.8, 4) is 0 Å². The smallest absolute Gasteiger partial charge is 0.159 e. The average molecular weight is 718 g/mol. The van der Waals surface area contributed by atoms with E-state index >= 15 is 0 Å². The second-order valence-electron chi connectivity index (χ2n) is 12.1. The van der Waals surface area contributed by atoms with Crippen molar-refractivity contribution in [2.75, 3.05) is 6.66 Å². The van der Waals surface area contributed by atoms with Crippen LogP contribution >= 0.6 is 8.58 Å². The molecule has 53 heavy (non-hydrogen) atoms. The molecule has 8 aromatic heterocycles. The van der Waals surface area contributed by atoms with Crippen LogP contribution in [0.15, 0.2) is 105 Å². The van der Waals surface area contributed by atoms with E-state index in [9.17, 15) is 0 Å². The number of hydrogen-bond acceptors (Lipinski definition) is 7. The SMILES string of the molecule is C=Cc1c(PC)ccn2cc(CCc3ccc4ccc(C)nc4n3)nc12.C=Cc1ncc(CCc2cn3ccc4ncccc4c3n2)nc1C=C.CC. The number of aryl methyl sites for hydroxylation is 5. The second-order valence-corrected chi connectivity index (χ2v) is 13.2. The number of aromatic nitrogens is 9. The third-order valence-electron chi connectivity index (χ3n) is 8.73. The summed E-state index contributed by atoms with van der Waals surface area (Å²) in [5.41, 5.74) is 11.4. The van der Waals surface area contributed by atoms with Gasteiger partial charge in [0.1, 0.15) is 11.3 Å². The Bertz CT molecular complexity index is 2570. The highest BCUT2D eigenvalue weighted by molar-refractivity contribution is 7.46. The molecular weight excluding hydrogens is 674 g/mol. The van der Waals surface area contributed by atoms with Crippen molar-refractivity contribution in [2.45, 2.75) is 46.5 Å². The summed E-state index contributed by atoms with van der Waals surface area (Å²) in [5, 5.41) is 3.44. The first kappa shape index (κ1) is 36.9. The molecular formula is C43H44N9P. The zero-order valence-corrected chi connectivity index (χ0v) is 31.8. The van der Waals surface area contributed by atoms with Gasteiger partial charge in [-0.05, 0) is 105 Å². The summed E-state index contributed by atoms with van der Waals surface area (Å²) in [4.78, 5) is 32.2. The fourth-order valence-corrected chi connectivity index (χ4v) is 6.82. The molecule has 0 fully saturated rings. The highest BCUT2D eigenvalue weighted by Crippen LogP contribution is 2.20. The van der Waals surface area contributed by atoms with Crippen molar-refractivity contribution in [3.63, 3.8) is 0 Å². The quantitative estimate of drug-likeness (QED) is 0.131. The van der Waals surface area contributed by atoms with Gasteiger partial charge in [-0.2, -0.15) is 0 Å². The number of fused-ring (bicyclic) bond motifs is 5. The fourth-order valence-electron chi connectivity index (χ4n) is 6.09. The molecule has 8 heterocycles. The Hall–Kier alpha value is -5.92.